The number of nitrogens with one attached hydrogen (secondary N) is 2. The number of aryl methyl sites for hydroxylation is 1. The van der Waals surface area contributed by atoms with Crippen molar-refractivity contribution in [3.05, 3.63) is 48.0 Å². The molecule has 2 fully saturated rings. The molecule has 2 N–H and O–H groups in total. The van der Waals surface area contributed by atoms with E-state index in [1.165, 1.54) is 12.4 Å². The van der Waals surface area contributed by atoms with Crippen LogP contribution in [0.5, 0.6) is 11.5 Å². The van der Waals surface area contributed by atoms with Crippen LogP contribution in [-0.4, -0.2) is 59.7 Å². The summed E-state index contributed by atoms with van der Waals surface area (Å²) < 4.78 is 26.4. The molecule has 35 heavy (non-hydrogen) atoms. The lowest BCUT2D eigenvalue weighted by Crippen LogP contribution is -2.52. The van der Waals surface area contributed by atoms with Crippen molar-refractivity contribution < 1.29 is 18.7 Å². The van der Waals surface area contributed by atoms with Gasteiger partial charge < -0.3 is 20.1 Å². The summed E-state index contributed by atoms with van der Waals surface area (Å²) in [4.78, 5) is 22.8. The van der Waals surface area contributed by atoms with Crippen LogP contribution >= 0.6 is 0 Å². The van der Waals surface area contributed by atoms with Gasteiger partial charge in [-0.25, -0.2) is 14.4 Å². The maximum atomic E-state index is 14.4. The Bertz CT molecular complexity index is 1230. The standard InChI is InChI=1S/C26H30FN5O3/c1-16-3-8-20(27)22(11-16)31-26-19-12-24(23(34-2)13-21(19)29-15-30-26)35-18-6-4-17(5-7-18)32-10-9-28-25(33)14-32/h3,8,11-13,15,17-18H,4-7,9-10,14H2,1-2H3,(H,28,33)(H,29,30,31)/t17-,18-. The minimum absolute atomic E-state index is 0.0477. The topological polar surface area (TPSA) is 88.6 Å². The van der Waals surface area contributed by atoms with E-state index >= 15 is 0 Å². The van der Waals surface area contributed by atoms with Gasteiger partial charge in [0.1, 0.15) is 18.0 Å². The highest BCUT2D eigenvalue weighted by Gasteiger charge is 2.30. The number of hydrogen-bond donors (Lipinski definition) is 2. The second-order valence-electron chi connectivity index (χ2n) is 9.22. The van der Waals surface area contributed by atoms with E-state index in [9.17, 15) is 9.18 Å². The van der Waals surface area contributed by atoms with Gasteiger partial charge in [-0.15, -0.1) is 0 Å². The zero-order valence-corrected chi connectivity index (χ0v) is 20.0. The lowest BCUT2D eigenvalue weighted by atomic mass is 9.91. The predicted octanol–water partition coefficient (Wildman–Crippen LogP) is 3.95. The van der Waals surface area contributed by atoms with E-state index in [0.29, 0.717) is 47.7 Å². The number of benzene rings is 2. The molecule has 2 aromatic carbocycles. The van der Waals surface area contributed by atoms with Gasteiger partial charge in [0.15, 0.2) is 11.5 Å². The normalized spacial score (nSPS) is 20.9. The van der Waals surface area contributed by atoms with Crippen LogP contribution in [0.15, 0.2) is 36.7 Å². The van der Waals surface area contributed by atoms with Gasteiger partial charge in [-0.2, -0.15) is 0 Å². The summed E-state index contributed by atoms with van der Waals surface area (Å²) in [5, 5.41) is 6.72. The molecule has 184 valence electrons. The van der Waals surface area contributed by atoms with Crippen molar-refractivity contribution in [1.82, 2.24) is 20.2 Å². The zero-order chi connectivity index (χ0) is 24.4. The average Bonchev–Trinajstić information content (AvgIpc) is 2.86. The Labute approximate surface area is 203 Å². The van der Waals surface area contributed by atoms with Gasteiger partial charge in [-0.1, -0.05) is 6.07 Å². The number of amides is 1. The molecule has 9 heteroatoms. The lowest BCUT2D eigenvalue weighted by molar-refractivity contribution is -0.125. The second kappa shape index (κ2) is 10.0. The Kier molecular flexibility index (Phi) is 6.68. The molecule has 0 bridgehead atoms. The van der Waals surface area contributed by atoms with Crippen molar-refractivity contribution in [3.8, 4) is 11.5 Å². The summed E-state index contributed by atoms with van der Waals surface area (Å²) in [7, 11) is 1.61. The van der Waals surface area contributed by atoms with Crippen LogP contribution in [0.2, 0.25) is 0 Å². The van der Waals surface area contributed by atoms with E-state index < -0.39 is 0 Å². The van der Waals surface area contributed by atoms with Crippen LogP contribution in [0.1, 0.15) is 31.2 Å². The number of aromatic nitrogens is 2. The maximum absolute atomic E-state index is 14.4. The van der Waals surface area contributed by atoms with Crippen molar-refractivity contribution in [1.29, 1.82) is 0 Å². The third kappa shape index (κ3) is 5.14. The molecule has 0 atom stereocenters. The van der Waals surface area contributed by atoms with Crippen molar-refractivity contribution in [2.75, 3.05) is 32.1 Å². The fraction of sp³-hybridized carbons (Fsp3) is 0.423. The number of ether oxygens (including phenoxy) is 2. The number of anilines is 2. The molecule has 1 aliphatic carbocycles. The van der Waals surface area contributed by atoms with Gasteiger partial charge in [0.05, 0.1) is 31.0 Å². The first-order chi connectivity index (χ1) is 17.0. The van der Waals surface area contributed by atoms with E-state index in [2.05, 4.69) is 25.5 Å². The molecule has 1 saturated heterocycles. The molecule has 8 nitrogen and oxygen atoms in total. The lowest BCUT2D eigenvalue weighted by Gasteiger charge is -2.38. The Morgan fingerprint density at radius 2 is 1.94 bits per heavy atom. The van der Waals surface area contributed by atoms with E-state index in [1.807, 2.05) is 19.1 Å². The quantitative estimate of drug-likeness (QED) is 0.553. The van der Waals surface area contributed by atoms with Crippen molar-refractivity contribution in [2.24, 2.45) is 0 Å². The molecule has 2 heterocycles. The van der Waals surface area contributed by atoms with Crippen LogP contribution in [0.4, 0.5) is 15.9 Å². The van der Waals surface area contributed by atoms with Crippen LogP contribution in [0.3, 0.4) is 0 Å². The predicted molar refractivity (Wildman–Crippen MR) is 132 cm³/mol. The Morgan fingerprint density at radius 3 is 2.71 bits per heavy atom. The first-order valence-electron chi connectivity index (χ1n) is 12.0. The van der Waals surface area contributed by atoms with E-state index in [0.717, 1.165) is 43.2 Å². The third-order valence-electron chi connectivity index (χ3n) is 6.82. The summed E-state index contributed by atoms with van der Waals surface area (Å²) in [5.74, 6) is 1.46. The van der Waals surface area contributed by atoms with Crippen LogP contribution in [0, 0.1) is 12.7 Å². The number of hydrogen-bond acceptors (Lipinski definition) is 7. The monoisotopic (exact) mass is 479 g/mol. The molecular formula is C26H30FN5O3. The van der Waals surface area contributed by atoms with Crippen molar-refractivity contribution >= 4 is 28.3 Å². The molecule has 0 spiro atoms. The molecule has 1 aromatic heterocycles. The largest absolute Gasteiger partial charge is 0.493 e. The number of carbonyl (C=O) groups excluding carboxylic acids is 1. The van der Waals surface area contributed by atoms with Gasteiger partial charge >= 0.3 is 0 Å². The molecule has 1 saturated carbocycles. The highest BCUT2D eigenvalue weighted by molar-refractivity contribution is 5.93. The number of piperazine rings is 1. The number of carbonyl (C=O) groups is 1. The molecule has 2 aliphatic rings. The molecule has 5 rings (SSSR count). The van der Waals surface area contributed by atoms with Gasteiger partial charge in [0, 0.05) is 30.6 Å². The van der Waals surface area contributed by atoms with E-state index in [-0.39, 0.29) is 17.8 Å². The van der Waals surface area contributed by atoms with Crippen LogP contribution in [0.25, 0.3) is 10.9 Å². The molecule has 3 aromatic rings. The van der Waals surface area contributed by atoms with Gasteiger partial charge in [-0.3, -0.25) is 9.69 Å². The smallest absolute Gasteiger partial charge is 0.234 e. The molecular weight excluding hydrogens is 449 g/mol. The second-order valence-corrected chi connectivity index (χ2v) is 9.22. The van der Waals surface area contributed by atoms with Gasteiger partial charge in [0.25, 0.3) is 0 Å². The Morgan fingerprint density at radius 1 is 1.11 bits per heavy atom. The molecule has 1 aliphatic heterocycles. The minimum Gasteiger partial charge on any atom is -0.493 e. The molecule has 0 unspecified atom stereocenters. The number of halogens is 1. The minimum atomic E-state index is -0.352. The summed E-state index contributed by atoms with van der Waals surface area (Å²) in [5.41, 5.74) is 1.97. The summed E-state index contributed by atoms with van der Waals surface area (Å²) in [6, 6.07) is 9.00. The number of rotatable bonds is 6. The van der Waals surface area contributed by atoms with Crippen LogP contribution < -0.4 is 20.1 Å². The summed E-state index contributed by atoms with van der Waals surface area (Å²) in [6.07, 6.45) is 5.25. The SMILES string of the molecule is COc1cc2ncnc(Nc3cc(C)ccc3F)c2cc1O[C@H]1CC[C@H](N2CCNC(=O)C2)CC1. The summed E-state index contributed by atoms with van der Waals surface area (Å²) in [6.45, 7) is 4.01. The first kappa shape index (κ1) is 23.3. The van der Waals surface area contributed by atoms with E-state index in [4.69, 9.17) is 9.47 Å². The zero-order valence-electron chi connectivity index (χ0n) is 20.0. The third-order valence-corrected chi connectivity index (χ3v) is 6.82. The van der Waals surface area contributed by atoms with Crippen LogP contribution in [-0.2, 0) is 4.79 Å². The van der Waals surface area contributed by atoms with Crippen molar-refractivity contribution in [2.45, 2.75) is 44.8 Å². The maximum Gasteiger partial charge on any atom is 0.234 e. The fourth-order valence-electron chi connectivity index (χ4n) is 4.96. The van der Waals surface area contributed by atoms with Crippen molar-refractivity contribution in [3.63, 3.8) is 0 Å². The highest BCUT2D eigenvalue weighted by atomic mass is 19.1. The summed E-state index contributed by atoms with van der Waals surface area (Å²) >= 11 is 0. The highest BCUT2D eigenvalue weighted by Crippen LogP contribution is 2.37. The number of methoxy groups -OCH3 is 1. The molecule has 0 radical (unpaired) electrons. The molecule has 1 amide bonds. The Balaban J connectivity index is 1.35. The first-order valence-corrected chi connectivity index (χ1v) is 12.0. The van der Waals surface area contributed by atoms with E-state index in [1.54, 1.807) is 19.2 Å². The van der Waals surface area contributed by atoms with Gasteiger partial charge in [-0.05, 0) is 56.4 Å². The fourth-order valence-corrected chi connectivity index (χ4v) is 4.96. The van der Waals surface area contributed by atoms with Gasteiger partial charge in [0.2, 0.25) is 5.91 Å². The Hall–Kier alpha value is -3.46. The number of fused-ring (bicyclic) bond motifs is 1. The average molecular weight is 480 g/mol. The number of nitrogens with zero attached hydrogens (tertiary/aromatic N) is 3.